The van der Waals surface area contributed by atoms with Crippen LogP contribution in [0.5, 0.6) is 0 Å². The number of aromatic nitrogens is 2. The van der Waals surface area contributed by atoms with Gasteiger partial charge in [-0.25, -0.2) is 4.39 Å². The van der Waals surface area contributed by atoms with Crippen molar-refractivity contribution < 1.29 is 9.18 Å². The van der Waals surface area contributed by atoms with Gasteiger partial charge < -0.3 is 14.7 Å². The first kappa shape index (κ1) is 18.9. The number of halogens is 2. The monoisotopic (exact) mass is 403 g/mol. The molecule has 0 aliphatic carbocycles. The number of amides is 1. The summed E-state index contributed by atoms with van der Waals surface area (Å²) in [6.45, 7) is 4.43. The number of piperazine rings is 1. The number of rotatable bonds is 3. The molecule has 1 unspecified atom stereocenters. The summed E-state index contributed by atoms with van der Waals surface area (Å²) < 4.78 is 13.1. The number of nitrogens with zero attached hydrogens (tertiary/aromatic N) is 5. The lowest BCUT2D eigenvalue weighted by Gasteiger charge is -2.40. The fourth-order valence-electron chi connectivity index (χ4n) is 3.96. The molecule has 2 saturated heterocycles. The van der Waals surface area contributed by atoms with Crippen LogP contribution in [0.25, 0.3) is 0 Å². The van der Waals surface area contributed by atoms with Gasteiger partial charge in [-0.1, -0.05) is 11.6 Å². The molecule has 0 radical (unpaired) electrons. The molecule has 0 bridgehead atoms. The molecule has 2 aliphatic rings. The SMILES string of the molecule is O=C(C1CCCN(c2ccc(Cl)nn2)C1)N1CCN(c2ccc(F)cc2)CC1. The molecule has 3 heterocycles. The standard InChI is InChI=1S/C20H23ClFN5O/c21-18-7-8-19(24-23-18)27-9-1-2-15(14-27)20(28)26-12-10-25(11-13-26)17-5-3-16(22)4-6-17/h3-8,15H,1-2,9-14H2. The van der Waals surface area contributed by atoms with E-state index in [0.29, 0.717) is 24.8 Å². The molecule has 6 nitrogen and oxygen atoms in total. The van der Waals surface area contributed by atoms with Crippen LogP contribution in [-0.2, 0) is 4.79 Å². The maximum atomic E-state index is 13.1. The third-order valence-electron chi connectivity index (χ3n) is 5.50. The summed E-state index contributed by atoms with van der Waals surface area (Å²) in [6, 6.07) is 10.1. The van der Waals surface area contributed by atoms with E-state index in [9.17, 15) is 9.18 Å². The van der Waals surface area contributed by atoms with Crippen molar-refractivity contribution in [3.63, 3.8) is 0 Å². The molecule has 4 rings (SSSR count). The lowest BCUT2D eigenvalue weighted by atomic mass is 9.96. The lowest BCUT2D eigenvalue weighted by Crippen LogP contribution is -2.52. The van der Waals surface area contributed by atoms with E-state index >= 15 is 0 Å². The van der Waals surface area contributed by atoms with Crippen molar-refractivity contribution in [2.24, 2.45) is 5.92 Å². The Morgan fingerprint density at radius 1 is 0.964 bits per heavy atom. The normalized spacial score (nSPS) is 20.4. The predicted octanol–water partition coefficient (Wildman–Crippen LogP) is 2.83. The van der Waals surface area contributed by atoms with Crippen molar-refractivity contribution in [1.82, 2.24) is 15.1 Å². The van der Waals surface area contributed by atoms with Crippen molar-refractivity contribution in [2.45, 2.75) is 12.8 Å². The molecule has 1 aromatic carbocycles. The van der Waals surface area contributed by atoms with E-state index in [1.165, 1.54) is 12.1 Å². The second-order valence-electron chi connectivity index (χ2n) is 7.29. The van der Waals surface area contributed by atoms with E-state index in [1.807, 2.05) is 11.0 Å². The Morgan fingerprint density at radius 3 is 2.39 bits per heavy atom. The first-order valence-corrected chi connectivity index (χ1v) is 10.0. The quantitative estimate of drug-likeness (QED) is 0.788. The zero-order chi connectivity index (χ0) is 19.5. The second-order valence-corrected chi connectivity index (χ2v) is 7.68. The molecule has 2 aromatic rings. The summed E-state index contributed by atoms with van der Waals surface area (Å²) in [6.07, 6.45) is 1.85. The molecule has 1 atom stereocenters. The molecule has 1 amide bonds. The fourth-order valence-corrected chi connectivity index (χ4v) is 4.06. The van der Waals surface area contributed by atoms with Gasteiger partial charge >= 0.3 is 0 Å². The van der Waals surface area contributed by atoms with Gasteiger partial charge in [0.15, 0.2) is 11.0 Å². The largest absolute Gasteiger partial charge is 0.368 e. The average Bonchev–Trinajstić information content (AvgIpc) is 2.74. The van der Waals surface area contributed by atoms with Gasteiger partial charge in [-0.2, -0.15) is 0 Å². The topological polar surface area (TPSA) is 52.6 Å². The molecule has 8 heteroatoms. The fraction of sp³-hybridized carbons (Fsp3) is 0.450. The number of benzene rings is 1. The number of piperidine rings is 1. The molecule has 0 saturated carbocycles. The molecule has 0 spiro atoms. The van der Waals surface area contributed by atoms with Crippen LogP contribution < -0.4 is 9.80 Å². The van der Waals surface area contributed by atoms with Crippen LogP contribution in [0.4, 0.5) is 15.9 Å². The van der Waals surface area contributed by atoms with Gasteiger partial charge in [-0.05, 0) is 49.2 Å². The Labute approximate surface area is 168 Å². The zero-order valence-corrected chi connectivity index (χ0v) is 16.4. The van der Waals surface area contributed by atoms with Crippen LogP contribution in [0.1, 0.15) is 12.8 Å². The third-order valence-corrected chi connectivity index (χ3v) is 5.70. The molecule has 2 aliphatic heterocycles. The summed E-state index contributed by atoms with van der Waals surface area (Å²) >= 11 is 5.82. The Balaban J connectivity index is 1.34. The summed E-state index contributed by atoms with van der Waals surface area (Å²) in [5.41, 5.74) is 0.999. The van der Waals surface area contributed by atoms with E-state index in [-0.39, 0.29) is 17.6 Å². The van der Waals surface area contributed by atoms with Crippen LogP contribution >= 0.6 is 11.6 Å². The summed E-state index contributed by atoms with van der Waals surface area (Å²) in [5.74, 6) is 0.724. The van der Waals surface area contributed by atoms with Crippen molar-refractivity contribution in [3.8, 4) is 0 Å². The summed E-state index contributed by atoms with van der Waals surface area (Å²) in [5, 5.41) is 8.42. The molecule has 2 fully saturated rings. The van der Waals surface area contributed by atoms with E-state index < -0.39 is 0 Å². The number of carbonyl (C=O) groups excluding carboxylic acids is 1. The highest BCUT2D eigenvalue weighted by Crippen LogP contribution is 2.24. The molecule has 28 heavy (non-hydrogen) atoms. The van der Waals surface area contributed by atoms with Crippen molar-refractivity contribution in [1.29, 1.82) is 0 Å². The molecular weight excluding hydrogens is 381 g/mol. The Hall–Kier alpha value is -2.41. The summed E-state index contributed by atoms with van der Waals surface area (Å²) in [4.78, 5) is 19.3. The van der Waals surface area contributed by atoms with E-state index in [1.54, 1.807) is 18.2 Å². The van der Waals surface area contributed by atoms with E-state index in [0.717, 1.165) is 44.0 Å². The van der Waals surface area contributed by atoms with Gasteiger partial charge in [-0.15, -0.1) is 10.2 Å². The highest BCUT2D eigenvalue weighted by Gasteiger charge is 2.31. The maximum absolute atomic E-state index is 13.1. The summed E-state index contributed by atoms with van der Waals surface area (Å²) in [7, 11) is 0. The highest BCUT2D eigenvalue weighted by atomic mass is 35.5. The number of hydrogen-bond donors (Lipinski definition) is 0. The van der Waals surface area contributed by atoms with Crippen LogP contribution in [-0.4, -0.2) is 60.3 Å². The average molecular weight is 404 g/mol. The van der Waals surface area contributed by atoms with Gasteiger partial charge in [0, 0.05) is 45.0 Å². The predicted molar refractivity (Wildman–Crippen MR) is 107 cm³/mol. The smallest absolute Gasteiger partial charge is 0.227 e. The third kappa shape index (κ3) is 4.19. The van der Waals surface area contributed by atoms with Crippen LogP contribution in [0.3, 0.4) is 0 Å². The van der Waals surface area contributed by atoms with E-state index in [2.05, 4.69) is 20.0 Å². The molecular formula is C20H23ClFN5O. The lowest BCUT2D eigenvalue weighted by molar-refractivity contribution is -0.136. The van der Waals surface area contributed by atoms with E-state index in [4.69, 9.17) is 11.6 Å². The van der Waals surface area contributed by atoms with Crippen LogP contribution in [0.2, 0.25) is 5.15 Å². The first-order chi connectivity index (χ1) is 13.6. The second kappa shape index (κ2) is 8.31. The minimum absolute atomic E-state index is 0.0244. The molecule has 1 aromatic heterocycles. The molecule has 0 N–H and O–H groups in total. The zero-order valence-electron chi connectivity index (χ0n) is 15.6. The number of carbonyl (C=O) groups is 1. The van der Waals surface area contributed by atoms with Crippen molar-refractivity contribution in [2.75, 3.05) is 49.1 Å². The van der Waals surface area contributed by atoms with Gasteiger partial charge in [0.25, 0.3) is 0 Å². The molecule has 148 valence electrons. The van der Waals surface area contributed by atoms with Gasteiger partial charge in [0.1, 0.15) is 5.82 Å². The van der Waals surface area contributed by atoms with Gasteiger partial charge in [0.05, 0.1) is 5.92 Å². The minimum atomic E-state index is -0.232. The maximum Gasteiger partial charge on any atom is 0.227 e. The Morgan fingerprint density at radius 2 is 1.71 bits per heavy atom. The minimum Gasteiger partial charge on any atom is -0.368 e. The Kier molecular flexibility index (Phi) is 5.62. The van der Waals surface area contributed by atoms with Crippen LogP contribution in [0, 0.1) is 11.7 Å². The number of anilines is 2. The van der Waals surface area contributed by atoms with Gasteiger partial charge in [-0.3, -0.25) is 4.79 Å². The first-order valence-electron chi connectivity index (χ1n) is 9.63. The van der Waals surface area contributed by atoms with Crippen LogP contribution in [0.15, 0.2) is 36.4 Å². The Bertz CT molecular complexity index is 808. The number of hydrogen-bond acceptors (Lipinski definition) is 5. The van der Waals surface area contributed by atoms with Crippen molar-refractivity contribution >= 4 is 29.0 Å². The van der Waals surface area contributed by atoms with Gasteiger partial charge in [0.2, 0.25) is 5.91 Å². The highest BCUT2D eigenvalue weighted by molar-refractivity contribution is 6.29. The van der Waals surface area contributed by atoms with Crippen molar-refractivity contribution in [3.05, 3.63) is 47.4 Å².